The summed E-state index contributed by atoms with van der Waals surface area (Å²) in [5.74, 6) is 5.60. The third kappa shape index (κ3) is 2.15. The molecule has 0 atom stereocenters. The average Bonchev–Trinajstić information content (AvgIpc) is 2.37. The predicted molar refractivity (Wildman–Crippen MR) is 71.9 cm³/mol. The number of amidine groups is 1. The van der Waals surface area contributed by atoms with Crippen molar-refractivity contribution in [2.45, 2.75) is 27.2 Å². The Morgan fingerprint density at radius 2 is 2.00 bits per heavy atom. The summed E-state index contributed by atoms with van der Waals surface area (Å²) in [5, 5.41) is 0. The van der Waals surface area contributed by atoms with E-state index < -0.39 is 10.2 Å². The van der Waals surface area contributed by atoms with Crippen molar-refractivity contribution in [3.8, 4) is 0 Å². The normalized spacial score (nSPS) is 16.8. The molecule has 1 aromatic rings. The summed E-state index contributed by atoms with van der Waals surface area (Å²) in [4.78, 5) is 8.74. The van der Waals surface area contributed by atoms with Crippen LogP contribution in [-0.2, 0) is 16.6 Å². The third-order valence-corrected chi connectivity index (χ3v) is 4.26. The Hall–Kier alpha value is -1.74. The molecule has 104 valence electrons. The molecule has 0 bridgehead atoms. The minimum atomic E-state index is -3.81. The highest BCUT2D eigenvalue weighted by atomic mass is 32.2. The summed E-state index contributed by atoms with van der Waals surface area (Å²) in [5.41, 5.74) is 4.11. The van der Waals surface area contributed by atoms with Crippen molar-refractivity contribution in [1.82, 2.24) is 15.4 Å². The van der Waals surface area contributed by atoms with E-state index in [1.807, 2.05) is 13.8 Å². The molecule has 0 aliphatic carbocycles. The van der Waals surface area contributed by atoms with E-state index >= 15 is 0 Å². The highest BCUT2D eigenvalue weighted by Gasteiger charge is 2.33. The summed E-state index contributed by atoms with van der Waals surface area (Å²) in [6.45, 7) is 5.70. The molecule has 0 amide bonds. The van der Waals surface area contributed by atoms with Crippen LogP contribution in [0.25, 0.3) is 0 Å². The SMILES string of the molecule is CCc1nc2c(nc1C)C(NN)=NS(=O)(=O)N2CC. The zero-order valence-corrected chi connectivity index (χ0v) is 11.8. The van der Waals surface area contributed by atoms with Crippen LogP contribution in [0.4, 0.5) is 5.82 Å². The van der Waals surface area contributed by atoms with Crippen LogP contribution < -0.4 is 15.6 Å². The maximum absolute atomic E-state index is 12.0. The molecular weight excluding hydrogens is 268 g/mol. The Bertz CT molecular complexity index is 640. The Morgan fingerprint density at radius 1 is 1.32 bits per heavy atom. The number of aromatic nitrogens is 2. The summed E-state index contributed by atoms with van der Waals surface area (Å²) >= 11 is 0. The highest BCUT2D eigenvalue weighted by Crippen LogP contribution is 2.26. The number of aryl methyl sites for hydroxylation is 2. The van der Waals surface area contributed by atoms with E-state index in [4.69, 9.17) is 5.84 Å². The summed E-state index contributed by atoms with van der Waals surface area (Å²) in [6.07, 6.45) is 0.673. The lowest BCUT2D eigenvalue weighted by Crippen LogP contribution is -2.42. The molecule has 1 aromatic heterocycles. The van der Waals surface area contributed by atoms with Crippen LogP contribution in [-0.4, -0.2) is 30.8 Å². The van der Waals surface area contributed by atoms with E-state index in [1.54, 1.807) is 6.92 Å². The van der Waals surface area contributed by atoms with Crippen LogP contribution in [0.2, 0.25) is 0 Å². The lowest BCUT2D eigenvalue weighted by atomic mass is 10.2. The number of rotatable bonds is 2. The Balaban J connectivity index is 2.75. The number of nitrogens with one attached hydrogen (secondary N) is 1. The molecule has 8 nitrogen and oxygen atoms in total. The van der Waals surface area contributed by atoms with Crippen LogP contribution in [0.15, 0.2) is 4.40 Å². The molecule has 2 rings (SSSR count). The number of nitrogens with zero attached hydrogens (tertiary/aromatic N) is 4. The molecule has 9 heteroatoms. The van der Waals surface area contributed by atoms with E-state index in [-0.39, 0.29) is 18.2 Å². The fourth-order valence-electron chi connectivity index (χ4n) is 1.94. The first-order chi connectivity index (χ1) is 8.94. The van der Waals surface area contributed by atoms with Crippen molar-refractivity contribution in [3.63, 3.8) is 0 Å². The largest absolute Gasteiger partial charge is 0.348 e. The number of fused-ring (bicyclic) bond motifs is 1. The molecule has 0 spiro atoms. The topological polar surface area (TPSA) is 114 Å². The molecule has 0 radical (unpaired) electrons. The Labute approximate surface area is 111 Å². The maximum Gasteiger partial charge on any atom is 0.348 e. The minimum absolute atomic E-state index is 0.0120. The lowest BCUT2D eigenvalue weighted by molar-refractivity contribution is 0.591. The summed E-state index contributed by atoms with van der Waals surface area (Å²) in [6, 6.07) is 0. The van der Waals surface area contributed by atoms with E-state index in [9.17, 15) is 8.42 Å². The second kappa shape index (κ2) is 4.74. The van der Waals surface area contributed by atoms with Gasteiger partial charge < -0.3 is 5.43 Å². The summed E-state index contributed by atoms with van der Waals surface area (Å²) in [7, 11) is -3.81. The van der Waals surface area contributed by atoms with Crippen LogP contribution in [0.5, 0.6) is 0 Å². The van der Waals surface area contributed by atoms with E-state index in [2.05, 4.69) is 19.8 Å². The molecule has 3 N–H and O–H groups in total. The first-order valence-electron chi connectivity index (χ1n) is 5.91. The summed E-state index contributed by atoms with van der Waals surface area (Å²) < 4.78 is 28.7. The molecule has 0 unspecified atom stereocenters. The maximum atomic E-state index is 12.0. The third-order valence-electron chi connectivity index (χ3n) is 2.85. The minimum Gasteiger partial charge on any atom is -0.306 e. The van der Waals surface area contributed by atoms with Crippen molar-refractivity contribution < 1.29 is 8.42 Å². The van der Waals surface area contributed by atoms with E-state index in [1.165, 1.54) is 0 Å². The first kappa shape index (κ1) is 13.7. The smallest absolute Gasteiger partial charge is 0.306 e. The monoisotopic (exact) mass is 284 g/mol. The molecule has 0 fully saturated rings. The number of nitrogens with two attached hydrogens (primary N) is 1. The molecule has 2 heterocycles. The molecule has 0 saturated heterocycles. The van der Waals surface area contributed by atoms with Crippen molar-refractivity contribution in [3.05, 3.63) is 17.1 Å². The quantitative estimate of drug-likeness (QED) is 0.566. The van der Waals surface area contributed by atoms with Gasteiger partial charge >= 0.3 is 10.2 Å². The van der Waals surface area contributed by atoms with Gasteiger partial charge in [-0.1, -0.05) is 6.92 Å². The van der Waals surface area contributed by atoms with Gasteiger partial charge in [0.2, 0.25) is 0 Å². The van der Waals surface area contributed by atoms with Crippen LogP contribution in [0.3, 0.4) is 0 Å². The van der Waals surface area contributed by atoms with Gasteiger partial charge in [0.25, 0.3) is 0 Å². The molecule has 1 aliphatic heterocycles. The van der Waals surface area contributed by atoms with Gasteiger partial charge in [-0.2, -0.15) is 8.42 Å². The van der Waals surface area contributed by atoms with Crippen LogP contribution in [0.1, 0.15) is 30.9 Å². The predicted octanol–water partition coefficient (Wildman–Crippen LogP) is -0.358. The molecule has 1 aliphatic rings. The van der Waals surface area contributed by atoms with Gasteiger partial charge in [0.05, 0.1) is 11.4 Å². The van der Waals surface area contributed by atoms with Crippen molar-refractivity contribution in [2.75, 3.05) is 10.8 Å². The molecular formula is C10H16N6O2S. The second-order valence-corrected chi connectivity index (χ2v) is 5.53. The number of hydrogen-bond donors (Lipinski definition) is 2. The van der Waals surface area contributed by atoms with Gasteiger partial charge in [-0.25, -0.2) is 20.1 Å². The number of hydrazine groups is 1. The van der Waals surface area contributed by atoms with Gasteiger partial charge in [-0.05, 0) is 20.3 Å². The molecule has 0 aromatic carbocycles. The first-order valence-corrected chi connectivity index (χ1v) is 7.31. The lowest BCUT2D eigenvalue weighted by Gasteiger charge is -2.26. The average molecular weight is 284 g/mol. The van der Waals surface area contributed by atoms with E-state index in [0.29, 0.717) is 12.1 Å². The van der Waals surface area contributed by atoms with E-state index in [0.717, 1.165) is 15.7 Å². The second-order valence-electron chi connectivity index (χ2n) is 4.01. The van der Waals surface area contributed by atoms with Gasteiger partial charge in [0, 0.05) is 6.54 Å². The fraction of sp³-hybridized carbons (Fsp3) is 0.500. The number of hydrogen-bond acceptors (Lipinski definition) is 6. The Morgan fingerprint density at radius 3 is 2.53 bits per heavy atom. The van der Waals surface area contributed by atoms with Crippen LogP contribution >= 0.6 is 0 Å². The van der Waals surface area contributed by atoms with Gasteiger partial charge in [-0.15, -0.1) is 4.40 Å². The van der Waals surface area contributed by atoms with Crippen molar-refractivity contribution in [1.29, 1.82) is 0 Å². The van der Waals surface area contributed by atoms with Crippen LogP contribution in [0, 0.1) is 6.92 Å². The highest BCUT2D eigenvalue weighted by molar-refractivity contribution is 7.91. The molecule has 0 saturated carbocycles. The zero-order chi connectivity index (χ0) is 14.2. The van der Waals surface area contributed by atoms with Gasteiger partial charge in [-0.3, -0.25) is 0 Å². The number of anilines is 1. The van der Waals surface area contributed by atoms with Gasteiger partial charge in [0.1, 0.15) is 0 Å². The Kier molecular flexibility index (Phi) is 3.42. The van der Waals surface area contributed by atoms with Gasteiger partial charge in [0.15, 0.2) is 17.3 Å². The molecule has 19 heavy (non-hydrogen) atoms. The standard InChI is InChI=1S/C10H16N6O2S/c1-4-7-6(3)12-8-9(14-11)15-19(17,18)16(5-2)10(8)13-7/h4-5,11H2,1-3H3,(H,14,15). The van der Waals surface area contributed by atoms with Crippen molar-refractivity contribution >= 4 is 21.9 Å². The fourth-order valence-corrected chi connectivity index (χ4v) is 3.08. The van der Waals surface area contributed by atoms with Crippen molar-refractivity contribution in [2.24, 2.45) is 10.2 Å². The zero-order valence-electron chi connectivity index (χ0n) is 11.0.